The SMILES string of the molecule is Clc1ccc2[nH]c(CNCc3ccccc3)cc2c1. The van der Waals surface area contributed by atoms with Gasteiger partial charge in [0.2, 0.25) is 0 Å². The van der Waals surface area contributed by atoms with Crippen LogP contribution in [-0.4, -0.2) is 4.98 Å². The van der Waals surface area contributed by atoms with E-state index in [4.69, 9.17) is 11.6 Å². The zero-order valence-electron chi connectivity index (χ0n) is 10.5. The molecule has 1 heterocycles. The van der Waals surface area contributed by atoms with E-state index in [0.29, 0.717) is 0 Å². The van der Waals surface area contributed by atoms with Gasteiger partial charge in [0, 0.05) is 34.7 Å². The monoisotopic (exact) mass is 270 g/mol. The molecule has 0 saturated carbocycles. The second-order valence-corrected chi connectivity index (χ2v) is 5.05. The molecule has 0 unspecified atom stereocenters. The van der Waals surface area contributed by atoms with Crippen molar-refractivity contribution in [2.75, 3.05) is 0 Å². The van der Waals surface area contributed by atoms with Crippen LogP contribution in [-0.2, 0) is 13.1 Å². The molecule has 0 atom stereocenters. The molecule has 2 N–H and O–H groups in total. The lowest BCUT2D eigenvalue weighted by Crippen LogP contribution is -2.12. The number of aromatic amines is 1. The molecule has 3 heteroatoms. The van der Waals surface area contributed by atoms with Crippen LogP contribution in [0.25, 0.3) is 10.9 Å². The van der Waals surface area contributed by atoms with Crippen molar-refractivity contribution in [2.24, 2.45) is 0 Å². The smallest absolute Gasteiger partial charge is 0.0457 e. The molecule has 0 radical (unpaired) electrons. The topological polar surface area (TPSA) is 27.8 Å². The highest BCUT2D eigenvalue weighted by Crippen LogP contribution is 2.20. The van der Waals surface area contributed by atoms with Crippen LogP contribution in [0.2, 0.25) is 5.02 Å². The molecule has 0 aliphatic carbocycles. The fourth-order valence-corrected chi connectivity index (χ4v) is 2.38. The van der Waals surface area contributed by atoms with Crippen LogP contribution >= 0.6 is 11.6 Å². The maximum atomic E-state index is 5.98. The van der Waals surface area contributed by atoms with Crippen LogP contribution in [0.5, 0.6) is 0 Å². The minimum Gasteiger partial charge on any atom is -0.357 e. The predicted octanol–water partition coefficient (Wildman–Crippen LogP) is 4.11. The maximum absolute atomic E-state index is 5.98. The zero-order chi connectivity index (χ0) is 13.1. The van der Waals surface area contributed by atoms with Gasteiger partial charge in [-0.3, -0.25) is 0 Å². The first kappa shape index (κ1) is 12.3. The van der Waals surface area contributed by atoms with E-state index in [9.17, 15) is 0 Å². The summed E-state index contributed by atoms with van der Waals surface area (Å²) in [4.78, 5) is 3.39. The summed E-state index contributed by atoms with van der Waals surface area (Å²) >= 11 is 5.98. The molecule has 0 bridgehead atoms. The van der Waals surface area contributed by atoms with Crippen molar-refractivity contribution in [3.8, 4) is 0 Å². The summed E-state index contributed by atoms with van der Waals surface area (Å²) in [6, 6.07) is 18.4. The van der Waals surface area contributed by atoms with Gasteiger partial charge in [-0.1, -0.05) is 41.9 Å². The molecule has 0 aliphatic heterocycles. The molecule has 2 aromatic carbocycles. The molecule has 0 saturated heterocycles. The Labute approximate surface area is 117 Å². The third-order valence-corrected chi connectivity index (χ3v) is 3.36. The van der Waals surface area contributed by atoms with Crippen molar-refractivity contribution in [2.45, 2.75) is 13.1 Å². The quantitative estimate of drug-likeness (QED) is 0.734. The van der Waals surface area contributed by atoms with Crippen molar-refractivity contribution >= 4 is 22.5 Å². The summed E-state index contributed by atoms with van der Waals surface area (Å²) in [5, 5.41) is 5.36. The first-order valence-corrected chi connectivity index (χ1v) is 6.71. The summed E-state index contributed by atoms with van der Waals surface area (Å²) in [5.74, 6) is 0. The lowest BCUT2D eigenvalue weighted by molar-refractivity contribution is 0.684. The number of hydrogen-bond donors (Lipinski definition) is 2. The fraction of sp³-hybridized carbons (Fsp3) is 0.125. The summed E-state index contributed by atoms with van der Waals surface area (Å²) in [7, 11) is 0. The molecule has 0 aliphatic rings. The number of H-pyrrole nitrogens is 1. The Balaban J connectivity index is 1.65. The average molecular weight is 271 g/mol. The zero-order valence-corrected chi connectivity index (χ0v) is 11.2. The molecule has 0 fully saturated rings. The molecule has 96 valence electrons. The number of aromatic nitrogens is 1. The van der Waals surface area contributed by atoms with Crippen LogP contribution in [0.15, 0.2) is 54.6 Å². The Morgan fingerprint density at radius 3 is 2.63 bits per heavy atom. The van der Waals surface area contributed by atoms with Gasteiger partial charge in [0.25, 0.3) is 0 Å². The Morgan fingerprint density at radius 2 is 1.79 bits per heavy atom. The van der Waals surface area contributed by atoms with E-state index in [2.05, 4.69) is 40.6 Å². The summed E-state index contributed by atoms with van der Waals surface area (Å²) in [5.41, 5.74) is 3.59. The summed E-state index contributed by atoms with van der Waals surface area (Å²) in [6.45, 7) is 1.69. The maximum Gasteiger partial charge on any atom is 0.0457 e. The van der Waals surface area contributed by atoms with Crippen LogP contribution in [0.1, 0.15) is 11.3 Å². The van der Waals surface area contributed by atoms with Crippen molar-refractivity contribution in [1.82, 2.24) is 10.3 Å². The second-order valence-electron chi connectivity index (χ2n) is 4.62. The van der Waals surface area contributed by atoms with E-state index in [1.54, 1.807) is 0 Å². The lowest BCUT2D eigenvalue weighted by Gasteiger charge is -2.02. The number of nitrogens with one attached hydrogen (secondary N) is 2. The van der Waals surface area contributed by atoms with E-state index in [1.165, 1.54) is 11.3 Å². The number of hydrogen-bond acceptors (Lipinski definition) is 1. The van der Waals surface area contributed by atoms with Crippen LogP contribution < -0.4 is 5.32 Å². The first-order chi connectivity index (χ1) is 9.31. The molecule has 19 heavy (non-hydrogen) atoms. The number of fused-ring (bicyclic) bond motifs is 1. The van der Waals surface area contributed by atoms with Crippen molar-refractivity contribution in [1.29, 1.82) is 0 Å². The number of halogens is 1. The Kier molecular flexibility index (Phi) is 3.53. The van der Waals surface area contributed by atoms with Gasteiger partial charge in [-0.05, 0) is 29.8 Å². The molecule has 2 nitrogen and oxygen atoms in total. The van der Waals surface area contributed by atoms with E-state index in [0.717, 1.165) is 29.0 Å². The predicted molar refractivity (Wildman–Crippen MR) is 80.3 cm³/mol. The fourth-order valence-electron chi connectivity index (χ4n) is 2.20. The minimum absolute atomic E-state index is 0.773. The van der Waals surface area contributed by atoms with E-state index in [1.807, 2.05) is 24.3 Å². The van der Waals surface area contributed by atoms with Crippen molar-refractivity contribution in [3.63, 3.8) is 0 Å². The molecule has 3 aromatic rings. The first-order valence-electron chi connectivity index (χ1n) is 6.33. The van der Waals surface area contributed by atoms with Gasteiger partial charge < -0.3 is 10.3 Å². The Morgan fingerprint density at radius 1 is 0.947 bits per heavy atom. The van der Waals surface area contributed by atoms with Crippen LogP contribution in [0, 0.1) is 0 Å². The van der Waals surface area contributed by atoms with Gasteiger partial charge in [0.1, 0.15) is 0 Å². The third kappa shape index (κ3) is 2.98. The number of benzene rings is 2. The van der Waals surface area contributed by atoms with Gasteiger partial charge in [0.15, 0.2) is 0 Å². The van der Waals surface area contributed by atoms with Gasteiger partial charge in [-0.2, -0.15) is 0 Å². The summed E-state index contributed by atoms with van der Waals surface area (Å²) < 4.78 is 0. The van der Waals surface area contributed by atoms with Crippen LogP contribution in [0.4, 0.5) is 0 Å². The van der Waals surface area contributed by atoms with Crippen molar-refractivity contribution < 1.29 is 0 Å². The minimum atomic E-state index is 0.773. The molecular weight excluding hydrogens is 256 g/mol. The van der Waals surface area contributed by atoms with E-state index < -0.39 is 0 Å². The Hall–Kier alpha value is -1.77. The van der Waals surface area contributed by atoms with Crippen LogP contribution in [0.3, 0.4) is 0 Å². The normalized spacial score (nSPS) is 11.0. The van der Waals surface area contributed by atoms with Gasteiger partial charge in [-0.15, -0.1) is 0 Å². The molecule has 0 spiro atoms. The second kappa shape index (κ2) is 5.47. The highest BCUT2D eigenvalue weighted by Gasteiger charge is 2.01. The average Bonchev–Trinajstić information content (AvgIpc) is 2.82. The molecule has 0 amide bonds. The van der Waals surface area contributed by atoms with Crippen molar-refractivity contribution in [3.05, 3.63) is 70.9 Å². The lowest BCUT2D eigenvalue weighted by atomic mass is 10.2. The standard InChI is InChI=1S/C16H15ClN2/c17-14-6-7-16-13(8-14)9-15(19-16)11-18-10-12-4-2-1-3-5-12/h1-9,18-19H,10-11H2. The van der Waals surface area contributed by atoms with Gasteiger partial charge in [-0.25, -0.2) is 0 Å². The number of rotatable bonds is 4. The third-order valence-electron chi connectivity index (χ3n) is 3.13. The van der Waals surface area contributed by atoms with E-state index in [-0.39, 0.29) is 0 Å². The molecule has 3 rings (SSSR count). The van der Waals surface area contributed by atoms with Gasteiger partial charge >= 0.3 is 0 Å². The van der Waals surface area contributed by atoms with E-state index >= 15 is 0 Å². The highest BCUT2D eigenvalue weighted by atomic mass is 35.5. The van der Waals surface area contributed by atoms with Gasteiger partial charge in [0.05, 0.1) is 0 Å². The molecular formula is C16H15ClN2. The largest absolute Gasteiger partial charge is 0.357 e. The Bertz CT molecular complexity index is 674. The molecule has 1 aromatic heterocycles. The summed E-state index contributed by atoms with van der Waals surface area (Å²) in [6.07, 6.45) is 0. The highest BCUT2D eigenvalue weighted by molar-refractivity contribution is 6.31.